The number of rotatable bonds is 4. The van der Waals surface area contributed by atoms with Crippen molar-refractivity contribution < 1.29 is 18.3 Å². The van der Waals surface area contributed by atoms with E-state index in [1.54, 1.807) is 0 Å². The monoisotopic (exact) mass is 357 g/mol. The Labute approximate surface area is 122 Å². The molecule has 0 saturated carbocycles. The van der Waals surface area contributed by atoms with E-state index in [0.717, 1.165) is 6.20 Å². The quantitative estimate of drug-likeness (QED) is 0.862. The van der Waals surface area contributed by atoms with Gasteiger partial charge >= 0.3 is 5.97 Å². The van der Waals surface area contributed by atoms with Crippen LogP contribution in [0.15, 0.2) is 46.2 Å². The van der Waals surface area contributed by atoms with Crippen LogP contribution in [-0.2, 0) is 10.0 Å². The highest BCUT2D eigenvalue weighted by atomic mass is 79.9. The highest BCUT2D eigenvalue weighted by Crippen LogP contribution is 2.19. The number of hydrogen-bond acceptors (Lipinski definition) is 5. The highest BCUT2D eigenvalue weighted by molar-refractivity contribution is 9.10. The second-order valence-corrected chi connectivity index (χ2v) is 6.25. The van der Waals surface area contributed by atoms with E-state index in [2.05, 4.69) is 30.6 Å². The van der Waals surface area contributed by atoms with Gasteiger partial charge in [-0.1, -0.05) is 0 Å². The first-order chi connectivity index (χ1) is 9.40. The van der Waals surface area contributed by atoms with E-state index >= 15 is 0 Å². The lowest BCUT2D eigenvalue weighted by Crippen LogP contribution is -2.16. The lowest BCUT2D eigenvalue weighted by atomic mass is 10.3. The summed E-state index contributed by atoms with van der Waals surface area (Å²) in [5.41, 5.74) is -0.237. The van der Waals surface area contributed by atoms with Gasteiger partial charge < -0.3 is 5.11 Å². The van der Waals surface area contributed by atoms with Crippen molar-refractivity contribution in [3.05, 3.63) is 46.8 Å². The van der Waals surface area contributed by atoms with E-state index in [0.29, 0.717) is 4.47 Å². The van der Waals surface area contributed by atoms with Crippen molar-refractivity contribution in [3.8, 4) is 0 Å². The Hall–Kier alpha value is -2.00. The summed E-state index contributed by atoms with van der Waals surface area (Å²) in [5, 5.41) is 8.98. The second-order valence-electron chi connectivity index (χ2n) is 3.65. The standard InChI is InChI=1S/C11H8BrN3O4S/c12-7-4-8(6-13-5-7)20(18,19)15-10-9(11(16)17)2-1-3-14-10/h1-6H,(H,14,15)(H,16,17). The number of sulfonamides is 1. The summed E-state index contributed by atoms with van der Waals surface area (Å²) < 4.78 is 26.9. The van der Waals surface area contributed by atoms with E-state index < -0.39 is 16.0 Å². The van der Waals surface area contributed by atoms with Crippen LogP contribution in [-0.4, -0.2) is 29.5 Å². The predicted octanol–water partition coefficient (Wildman–Crippen LogP) is 1.74. The van der Waals surface area contributed by atoms with Crippen LogP contribution in [0.5, 0.6) is 0 Å². The summed E-state index contributed by atoms with van der Waals surface area (Å²) in [4.78, 5) is 18.4. The summed E-state index contributed by atoms with van der Waals surface area (Å²) in [5.74, 6) is -1.52. The fraction of sp³-hybridized carbons (Fsp3) is 0. The number of hydrogen-bond donors (Lipinski definition) is 2. The van der Waals surface area contributed by atoms with E-state index in [-0.39, 0.29) is 16.3 Å². The van der Waals surface area contributed by atoms with Crippen molar-refractivity contribution in [2.24, 2.45) is 0 Å². The largest absolute Gasteiger partial charge is 0.478 e. The highest BCUT2D eigenvalue weighted by Gasteiger charge is 2.19. The van der Waals surface area contributed by atoms with Gasteiger partial charge in [0.1, 0.15) is 10.5 Å². The van der Waals surface area contributed by atoms with Crippen molar-refractivity contribution in [2.45, 2.75) is 4.90 Å². The molecule has 0 amide bonds. The minimum Gasteiger partial charge on any atom is -0.478 e. The van der Waals surface area contributed by atoms with Crippen molar-refractivity contribution in [1.82, 2.24) is 9.97 Å². The molecule has 0 bridgehead atoms. The Bertz CT molecular complexity index is 764. The molecule has 0 aliphatic rings. The minimum atomic E-state index is -3.96. The fourth-order valence-electron chi connectivity index (χ4n) is 1.38. The third kappa shape index (κ3) is 3.11. The molecule has 0 radical (unpaired) electrons. The van der Waals surface area contributed by atoms with Crippen molar-refractivity contribution >= 4 is 37.7 Å². The third-order valence-corrected chi connectivity index (χ3v) is 4.00. The number of carboxylic acids is 1. The number of pyridine rings is 2. The molecule has 0 saturated heterocycles. The topological polar surface area (TPSA) is 109 Å². The lowest BCUT2D eigenvalue weighted by molar-refractivity contribution is 0.0697. The Morgan fingerprint density at radius 2 is 2.10 bits per heavy atom. The molecule has 0 atom stereocenters. The van der Waals surface area contributed by atoms with Crippen molar-refractivity contribution in [1.29, 1.82) is 0 Å². The number of nitrogens with zero attached hydrogens (tertiary/aromatic N) is 2. The number of anilines is 1. The molecule has 104 valence electrons. The normalized spacial score (nSPS) is 11.1. The molecule has 2 heterocycles. The average molecular weight is 358 g/mol. The van der Waals surface area contributed by atoms with Crippen LogP contribution in [0.25, 0.3) is 0 Å². The zero-order valence-corrected chi connectivity index (χ0v) is 12.2. The molecule has 0 fully saturated rings. The number of nitrogens with one attached hydrogen (secondary N) is 1. The molecule has 0 aliphatic carbocycles. The summed E-state index contributed by atoms with van der Waals surface area (Å²) in [6.45, 7) is 0. The predicted molar refractivity (Wildman–Crippen MR) is 73.9 cm³/mol. The van der Waals surface area contributed by atoms with E-state index in [9.17, 15) is 13.2 Å². The van der Waals surface area contributed by atoms with Crippen LogP contribution in [0.4, 0.5) is 5.82 Å². The summed E-state index contributed by atoms with van der Waals surface area (Å²) in [6, 6.07) is 4.01. The molecule has 2 aromatic heterocycles. The van der Waals surface area contributed by atoms with Gasteiger partial charge in [0.25, 0.3) is 10.0 Å². The van der Waals surface area contributed by atoms with Crippen molar-refractivity contribution in [3.63, 3.8) is 0 Å². The molecule has 20 heavy (non-hydrogen) atoms. The first kappa shape index (κ1) is 14.4. The molecule has 0 unspecified atom stereocenters. The Morgan fingerprint density at radius 3 is 2.75 bits per heavy atom. The summed E-state index contributed by atoms with van der Waals surface area (Å²) in [6.07, 6.45) is 3.88. The van der Waals surface area contributed by atoms with Crippen LogP contribution in [0.2, 0.25) is 0 Å². The first-order valence-corrected chi connectivity index (χ1v) is 7.49. The van der Waals surface area contributed by atoms with Crippen LogP contribution in [0.1, 0.15) is 10.4 Å². The van der Waals surface area contributed by atoms with Crippen LogP contribution >= 0.6 is 15.9 Å². The molecule has 0 spiro atoms. The second kappa shape index (κ2) is 5.55. The molecule has 0 aliphatic heterocycles. The fourth-order valence-corrected chi connectivity index (χ4v) is 2.92. The molecule has 2 N–H and O–H groups in total. The first-order valence-electron chi connectivity index (χ1n) is 5.22. The molecule has 9 heteroatoms. The number of carbonyl (C=O) groups is 1. The molecule has 2 aromatic rings. The zero-order valence-electron chi connectivity index (χ0n) is 9.82. The number of carboxylic acid groups (broad SMARTS) is 1. The summed E-state index contributed by atoms with van der Waals surface area (Å²) in [7, 11) is -3.96. The third-order valence-electron chi connectivity index (χ3n) is 2.26. The SMILES string of the molecule is O=C(O)c1cccnc1NS(=O)(=O)c1cncc(Br)c1. The number of aromatic carboxylic acids is 1. The molecular weight excluding hydrogens is 350 g/mol. The van der Waals surface area contributed by atoms with Crippen LogP contribution < -0.4 is 4.72 Å². The maximum atomic E-state index is 12.1. The molecule has 7 nitrogen and oxygen atoms in total. The van der Waals surface area contributed by atoms with Gasteiger partial charge in [-0.3, -0.25) is 9.71 Å². The molecular formula is C11H8BrN3O4S. The maximum absolute atomic E-state index is 12.1. The maximum Gasteiger partial charge on any atom is 0.339 e. The van der Waals surface area contributed by atoms with Gasteiger partial charge in [0.05, 0.1) is 0 Å². The van der Waals surface area contributed by atoms with Gasteiger partial charge in [0.2, 0.25) is 0 Å². The Morgan fingerprint density at radius 1 is 1.35 bits per heavy atom. The van der Waals surface area contributed by atoms with Gasteiger partial charge in [-0.15, -0.1) is 0 Å². The van der Waals surface area contributed by atoms with Crippen LogP contribution in [0, 0.1) is 0 Å². The lowest BCUT2D eigenvalue weighted by Gasteiger charge is -2.09. The van der Waals surface area contributed by atoms with E-state index in [4.69, 9.17) is 5.11 Å². The number of halogens is 1. The zero-order chi connectivity index (χ0) is 14.8. The molecule has 2 rings (SSSR count). The Kier molecular flexibility index (Phi) is 4.00. The van der Waals surface area contributed by atoms with E-state index in [1.807, 2.05) is 0 Å². The smallest absolute Gasteiger partial charge is 0.339 e. The Balaban J connectivity index is 2.41. The summed E-state index contributed by atoms with van der Waals surface area (Å²) >= 11 is 3.11. The van der Waals surface area contributed by atoms with Crippen molar-refractivity contribution in [2.75, 3.05) is 4.72 Å². The van der Waals surface area contributed by atoms with Gasteiger partial charge in [-0.2, -0.15) is 0 Å². The minimum absolute atomic E-state index is 0.103. The van der Waals surface area contributed by atoms with Gasteiger partial charge in [-0.25, -0.2) is 18.2 Å². The average Bonchev–Trinajstić information content (AvgIpc) is 2.38. The van der Waals surface area contributed by atoms with E-state index in [1.165, 1.54) is 30.6 Å². The number of aromatic nitrogens is 2. The van der Waals surface area contributed by atoms with Gasteiger partial charge in [0.15, 0.2) is 5.82 Å². The molecule has 0 aromatic carbocycles. The van der Waals surface area contributed by atoms with Crippen LogP contribution in [0.3, 0.4) is 0 Å². The van der Waals surface area contributed by atoms with Gasteiger partial charge in [0, 0.05) is 23.1 Å². The van der Waals surface area contributed by atoms with Gasteiger partial charge in [-0.05, 0) is 34.1 Å².